The Labute approximate surface area is 121 Å². The maximum atomic E-state index is 11.7. The van der Waals surface area contributed by atoms with E-state index >= 15 is 0 Å². The van der Waals surface area contributed by atoms with Crippen molar-refractivity contribution in [2.45, 2.75) is 25.2 Å². The van der Waals surface area contributed by atoms with E-state index in [-0.39, 0.29) is 5.21 Å². The number of ether oxygens (including phenoxy) is 1. The summed E-state index contributed by atoms with van der Waals surface area (Å²) in [6.07, 6.45) is 1.39. The van der Waals surface area contributed by atoms with Crippen LogP contribution in [-0.4, -0.2) is 41.1 Å². The van der Waals surface area contributed by atoms with E-state index in [0.29, 0.717) is 18.3 Å². The number of hydrogen-bond acceptors (Lipinski definition) is 4. The van der Waals surface area contributed by atoms with E-state index in [0.717, 1.165) is 0 Å². The minimum absolute atomic E-state index is 0.0121. The number of H-pyrrole nitrogens is 1. The average molecular weight is 312 g/mol. The first-order valence-electron chi connectivity index (χ1n) is 6.40. The van der Waals surface area contributed by atoms with E-state index in [4.69, 9.17) is 4.74 Å². The van der Waals surface area contributed by atoms with E-state index in [1.54, 1.807) is 7.85 Å². The van der Waals surface area contributed by atoms with Gasteiger partial charge >= 0.3 is 13.3 Å². The highest BCUT2D eigenvalue weighted by molar-refractivity contribution is 7.59. The molecule has 0 unspecified atom stereocenters. The molecule has 2 rings (SSSR count). The van der Waals surface area contributed by atoms with E-state index in [1.807, 2.05) is 0 Å². The summed E-state index contributed by atoms with van der Waals surface area (Å²) in [5, 5.41) is -0.0121. The van der Waals surface area contributed by atoms with Crippen molar-refractivity contribution >= 4 is 23.3 Å². The summed E-state index contributed by atoms with van der Waals surface area (Å²) in [7, 11) is -1.31. The Kier molecular flexibility index (Phi) is 4.43. The van der Waals surface area contributed by atoms with Gasteiger partial charge in [-0.2, -0.15) is 0 Å². The Morgan fingerprint density at radius 2 is 2.05 bits per heavy atom. The molecule has 0 saturated carbocycles. The Hall–Kier alpha value is -1.34. The SMILES string of the molecule is B/C(=C(/B)P(=O)(O)O)[C@@H]1CC[C@H](n2ccc(=O)[nH]c2=O)O1. The van der Waals surface area contributed by atoms with Crippen molar-refractivity contribution in [3.05, 3.63) is 43.8 Å². The number of rotatable bonds is 3. The summed E-state index contributed by atoms with van der Waals surface area (Å²) >= 11 is 0. The lowest BCUT2D eigenvalue weighted by Gasteiger charge is -2.18. The lowest BCUT2D eigenvalue weighted by molar-refractivity contribution is 0.0182. The summed E-state index contributed by atoms with van der Waals surface area (Å²) in [6, 6.07) is 1.22. The molecule has 3 N–H and O–H groups in total. The lowest BCUT2D eigenvalue weighted by atomic mass is 9.83. The van der Waals surface area contributed by atoms with Crippen molar-refractivity contribution in [3.63, 3.8) is 0 Å². The molecule has 1 aliphatic rings. The van der Waals surface area contributed by atoms with E-state index < -0.39 is 31.2 Å². The van der Waals surface area contributed by atoms with Crippen LogP contribution in [-0.2, 0) is 9.30 Å². The Morgan fingerprint density at radius 3 is 2.62 bits per heavy atom. The zero-order chi connectivity index (χ0) is 15.8. The molecule has 0 radical (unpaired) electrons. The normalized spacial score (nSPS) is 23.9. The predicted octanol–water partition coefficient (Wildman–Crippen LogP) is -2.17. The Bertz CT molecular complexity index is 736. The fraction of sp³-hybridized carbons (Fsp3) is 0.400. The van der Waals surface area contributed by atoms with Crippen molar-refractivity contribution < 1.29 is 19.1 Å². The maximum absolute atomic E-state index is 11.7. The molecule has 0 spiro atoms. The second-order valence-electron chi connectivity index (χ2n) is 4.99. The monoisotopic (exact) mass is 312 g/mol. The molecule has 1 aromatic rings. The summed E-state index contributed by atoms with van der Waals surface area (Å²) in [5.74, 6) is 0. The number of aromatic nitrogens is 2. The summed E-state index contributed by atoms with van der Waals surface area (Å²) in [4.78, 5) is 43.2. The molecule has 0 bridgehead atoms. The van der Waals surface area contributed by atoms with Crippen LogP contribution < -0.4 is 11.2 Å². The standard InChI is InChI=1S/C10H15B2N2O6P/c11-8(9(12)21(17,18)19)5-1-2-7(20-5)14-4-3-6(15)13-10(14)16/h3-5,7H,1-2,11-12H2,(H,13,15,16)(H2,17,18,19)/b9-8-/t5-,7+/m0/s1. The highest BCUT2D eigenvalue weighted by Gasteiger charge is 2.31. The third-order valence-corrected chi connectivity index (χ3v) is 4.88. The van der Waals surface area contributed by atoms with Crippen LogP contribution in [0.1, 0.15) is 19.1 Å². The van der Waals surface area contributed by atoms with Crippen molar-refractivity contribution in [2.24, 2.45) is 0 Å². The largest absolute Gasteiger partial charge is 0.351 e. The molecule has 2 atom stereocenters. The van der Waals surface area contributed by atoms with Crippen LogP contribution in [0.15, 0.2) is 32.5 Å². The molecule has 1 fully saturated rings. The summed E-state index contributed by atoms with van der Waals surface area (Å²) in [6.45, 7) is 0. The predicted molar refractivity (Wildman–Crippen MR) is 80.6 cm³/mol. The van der Waals surface area contributed by atoms with Gasteiger partial charge in [-0.15, -0.1) is 0 Å². The van der Waals surface area contributed by atoms with Crippen LogP contribution >= 0.6 is 7.60 Å². The number of hydrogen-bond donors (Lipinski definition) is 3. The zero-order valence-corrected chi connectivity index (χ0v) is 12.5. The van der Waals surface area contributed by atoms with Gasteiger partial charge in [-0.05, 0) is 18.1 Å². The first-order chi connectivity index (χ1) is 9.70. The van der Waals surface area contributed by atoms with Gasteiger partial charge in [-0.1, -0.05) is 5.47 Å². The van der Waals surface area contributed by atoms with E-state index in [2.05, 4.69) is 4.98 Å². The Balaban J connectivity index is 2.23. The maximum Gasteiger partial charge on any atom is 0.341 e. The van der Waals surface area contributed by atoms with Crippen LogP contribution in [0.5, 0.6) is 0 Å². The van der Waals surface area contributed by atoms with Gasteiger partial charge in [0, 0.05) is 12.3 Å². The van der Waals surface area contributed by atoms with Crippen molar-refractivity contribution in [2.75, 3.05) is 0 Å². The fourth-order valence-electron chi connectivity index (χ4n) is 2.26. The van der Waals surface area contributed by atoms with Gasteiger partial charge in [0.05, 0.1) is 6.10 Å². The van der Waals surface area contributed by atoms with Crippen LogP contribution in [0.2, 0.25) is 0 Å². The van der Waals surface area contributed by atoms with Gasteiger partial charge in [-0.3, -0.25) is 18.9 Å². The molecule has 112 valence electrons. The van der Waals surface area contributed by atoms with Crippen molar-refractivity contribution in [3.8, 4) is 0 Å². The molecule has 8 nitrogen and oxygen atoms in total. The fourth-order valence-corrected chi connectivity index (χ4v) is 2.86. The van der Waals surface area contributed by atoms with Crippen LogP contribution in [0, 0.1) is 0 Å². The number of nitrogens with one attached hydrogen (secondary N) is 1. The summed E-state index contributed by atoms with van der Waals surface area (Å²) < 4.78 is 18.2. The molecular weight excluding hydrogens is 297 g/mol. The van der Waals surface area contributed by atoms with E-state index in [1.165, 1.54) is 24.7 Å². The van der Waals surface area contributed by atoms with Crippen LogP contribution in [0.3, 0.4) is 0 Å². The second-order valence-corrected chi connectivity index (χ2v) is 6.75. The van der Waals surface area contributed by atoms with Gasteiger partial charge in [-0.25, -0.2) is 4.79 Å². The molecule has 1 aliphatic heterocycles. The average Bonchev–Trinajstić information content (AvgIpc) is 2.85. The van der Waals surface area contributed by atoms with E-state index in [9.17, 15) is 23.9 Å². The second kappa shape index (κ2) is 5.81. The topological polar surface area (TPSA) is 122 Å². The molecule has 0 amide bonds. The first-order valence-corrected chi connectivity index (χ1v) is 8.02. The number of aromatic amines is 1. The number of nitrogens with zero attached hydrogens (tertiary/aromatic N) is 1. The van der Waals surface area contributed by atoms with Crippen molar-refractivity contribution in [1.29, 1.82) is 0 Å². The quantitative estimate of drug-likeness (QED) is 0.431. The van der Waals surface area contributed by atoms with Gasteiger partial charge in [0.25, 0.3) is 5.56 Å². The third kappa shape index (κ3) is 3.47. The minimum Gasteiger partial charge on any atom is -0.351 e. The van der Waals surface area contributed by atoms with Gasteiger partial charge in [0.2, 0.25) is 0 Å². The molecule has 2 heterocycles. The summed E-state index contributed by atoms with van der Waals surface area (Å²) in [5.41, 5.74) is -0.580. The molecule has 1 aromatic heterocycles. The third-order valence-electron chi connectivity index (χ3n) is 3.65. The van der Waals surface area contributed by atoms with Gasteiger partial charge < -0.3 is 14.5 Å². The molecule has 21 heavy (non-hydrogen) atoms. The highest BCUT2D eigenvalue weighted by atomic mass is 31.2. The minimum atomic E-state index is -4.29. The molecule has 0 aromatic carbocycles. The van der Waals surface area contributed by atoms with Crippen LogP contribution in [0.25, 0.3) is 0 Å². The zero-order valence-electron chi connectivity index (χ0n) is 11.6. The smallest absolute Gasteiger partial charge is 0.341 e. The van der Waals surface area contributed by atoms with Gasteiger partial charge in [0.1, 0.15) is 21.9 Å². The lowest BCUT2D eigenvalue weighted by Crippen LogP contribution is -2.31. The van der Waals surface area contributed by atoms with Crippen LogP contribution in [0.4, 0.5) is 0 Å². The molecular formula is C10H15B2N2O6P. The van der Waals surface area contributed by atoms with Crippen molar-refractivity contribution in [1.82, 2.24) is 9.55 Å². The van der Waals surface area contributed by atoms with Gasteiger partial charge in [0.15, 0.2) is 0 Å². The Morgan fingerprint density at radius 1 is 1.38 bits per heavy atom. The highest BCUT2D eigenvalue weighted by Crippen LogP contribution is 2.45. The molecule has 1 saturated heterocycles. The molecule has 11 heteroatoms. The molecule has 0 aliphatic carbocycles. The first kappa shape index (κ1) is 16.0.